The SMILES string of the molecule is CC(CCc1ccccc1)NCc1c(F)cccc1Cl.Cl. The van der Waals surface area contributed by atoms with Crippen molar-refractivity contribution in [3.05, 3.63) is 70.5 Å². The van der Waals surface area contributed by atoms with Crippen molar-refractivity contribution in [2.75, 3.05) is 0 Å². The second-order valence-corrected chi connectivity index (χ2v) is 5.41. The van der Waals surface area contributed by atoms with Gasteiger partial charge < -0.3 is 5.32 Å². The fourth-order valence-electron chi connectivity index (χ4n) is 2.11. The average molecular weight is 328 g/mol. The third kappa shape index (κ3) is 5.66. The Balaban J connectivity index is 0.00000220. The first-order chi connectivity index (χ1) is 9.66. The first-order valence-corrected chi connectivity index (χ1v) is 7.25. The van der Waals surface area contributed by atoms with E-state index in [1.165, 1.54) is 11.6 Å². The number of nitrogens with one attached hydrogen (secondary N) is 1. The van der Waals surface area contributed by atoms with E-state index in [0.717, 1.165) is 12.8 Å². The molecule has 0 amide bonds. The molecule has 0 bridgehead atoms. The highest BCUT2D eigenvalue weighted by atomic mass is 35.5. The van der Waals surface area contributed by atoms with Gasteiger partial charge in [0.25, 0.3) is 0 Å². The Morgan fingerprint density at radius 1 is 1.10 bits per heavy atom. The van der Waals surface area contributed by atoms with E-state index in [1.807, 2.05) is 18.2 Å². The Bertz CT molecular complexity index is 525. The van der Waals surface area contributed by atoms with Gasteiger partial charge in [-0.2, -0.15) is 0 Å². The van der Waals surface area contributed by atoms with E-state index < -0.39 is 0 Å². The third-order valence-corrected chi connectivity index (χ3v) is 3.75. The highest BCUT2D eigenvalue weighted by Crippen LogP contribution is 2.18. The van der Waals surface area contributed by atoms with Gasteiger partial charge in [0.1, 0.15) is 5.82 Å². The first kappa shape index (κ1) is 18.0. The lowest BCUT2D eigenvalue weighted by Gasteiger charge is -2.15. The monoisotopic (exact) mass is 327 g/mol. The van der Waals surface area contributed by atoms with Crippen LogP contribution in [0.3, 0.4) is 0 Å². The van der Waals surface area contributed by atoms with Crippen molar-refractivity contribution in [3.63, 3.8) is 0 Å². The van der Waals surface area contributed by atoms with Crippen LogP contribution >= 0.6 is 24.0 Å². The van der Waals surface area contributed by atoms with Gasteiger partial charge in [0, 0.05) is 23.2 Å². The van der Waals surface area contributed by atoms with E-state index in [9.17, 15) is 4.39 Å². The molecule has 1 unspecified atom stereocenters. The molecule has 2 rings (SSSR count). The van der Waals surface area contributed by atoms with Crippen LogP contribution in [0.2, 0.25) is 5.02 Å². The molecule has 21 heavy (non-hydrogen) atoms. The van der Waals surface area contributed by atoms with Gasteiger partial charge in [-0.1, -0.05) is 48.0 Å². The zero-order chi connectivity index (χ0) is 14.4. The summed E-state index contributed by atoms with van der Waals surface area (Å²) in [4.78, 5) is 0. The molecule has 0 aliphatic heterocycles. The van der Waals surface area contributed by atoms with Crippen LogP contribution in [0, 0.1) is 5.82 Å². The number of rotatable bonds is 6. The van der Waals surface area contributed by atoms with Gasteiger partial charge in [-0.05, 0) is 37.5 Å². The lowest BCUT2D eigenvalue weighted by Crippen LogP contribution is -2.26. The summed E-state index contributed by atoms with van der Waals surface area (Å²) in [6, 6.07) is 15.5. The number of hydrogen-bond acceptors (Lipinski definition) is 1. The zero-order valence-electron chi connectivity index (χ0n) is 12.0. The Morgan fingerprint density at radius 3 is 2.48 bits per heavy atom. The van der Waals surface area contributed by atoms with E-state index in [0.29, 0.717) is 23.2 Å². The average Bonchev–Trinajstić information content (AvgIpc) is 2.46. The van der Waals surface area contributed by atoms with Crippen LogP contribution in [-0.4, -0.2) is 6.04 Å². The van der Waals surface area contributed by atoms with Crippen LogP contribution in [0.25, 0.3) is 0 Å². The fourth-order valence-corrected chi connectivity index (χ4v) is 2.34. The summed E-state index contributed by atoms with van der Waals surface area (Å²) in [5.74, 6) is -0.250. The normalized spacial score (nSPS) is 11.8. The molecular weight excluding hydrogens is 308 g/mol. The van der Waals surface area contributed by atoms with E-state index in [4.69, 9.17) is 11.6 Å². The molecule has 1 atom stereocenters. The minimum Gasteiger partial charge on any atom is -0.310 e. The van der Waals surface area contributed by atoms with Crippen LogP contribution in [0.1, 0.15) is 24.5 Å². The third-order valence-electron chi connectivity index (χ3n) is 3.40. The minimum atomic E-state index is -0.250. The van der Waals surface area contributed by atoms with E-state index in [-0.39, 0.29) is 18.2 Å². The molecule has 4 heteroatoms. The van der Waals surface area contributed by atoms with Crippen LogP contribution < -0.4 is 5.32 Å². The summed E-state index contributed by atoms with van der Waals surface area (Å²) in [5, 5.41) is 3.81. The van der Waals surface area contributed by atoms with Gasteiger partial charge in [0.05, 0.1) is 0 Å². The summed E-state index contributed by atoms with van der Waals surface area (Å²) < 4.78 is 13.6. The molecule has 0 aliphatic carbocycles. The molecular formula is C17H20Cl2FN. The largest absolute Gasteiger partial charge is 0.310 e. The van der Waals surface area contributed by atoms with Crippen LogP contribution in [-0.2, 0) is 13.0 Å². The molecule has 1 nitrogen and oxygen atoms in total. The molecule has 0 saturated heterocycles. The van der Waals surface area contributed by atoms with Crippen molar-refractivity contribution >= 4 is 24.0 Å². The Hall–Kier alpha value is -1.09. The number of hydrogen-bond donors (Lipinski definition) is 1. The molecule has 0 radical (unpaired) electrons. The summed E-state index contributed by atoms with van der Waals surface area (Å²) in [7, 11) is 0. The molecule has 0 saturated carbocycles. The van der Waals surface area contributed by atoms with Crippen molar-refractivity contribution in [2.24, 2.45) is 0 Å². The first-order valence-electron chi connectivity index (χ1n) is 6.87. The van der Waals surface area contributed by atoms with Crippen LogP contribution in [0.15, 0.2) is 48.5 Å². The minimum absolute atomic E-state index is 0. The van der Waals surface area contributed by atoms with Crippen molar-refractivity contribution in [2.45, 2.75) is 32.4 Å². The summed E-state index contributed by atoms with van der Waals surface area (Å²) >= 11 is 6.01. The predicted octanol–water partition coefficient (Wildman–Crippen LogP) is 5.01. The van der Waals surface area contributed by atoms with Crippen molar-refractivity contribution in [1.82, 2.24) is 5.32 Å². The molecule has 0 aromatic heterocycles. The molecule has 1 N–H and O–H groups in total. The quantitative estimate of drug-likeness (QED) is 0.786. The fraction of sp³-hybridized carbons (Fsp3) is 0.294. The molecule has 0 fully saturated rings. The summed E-state index contributed by atoms with van der Waals surface area (Å²) in [5.41, 5.74) is 1.87. The molecule has 2 aromatic carbocycles. The van der Waals surface area contributed by atoms with E-state index in [1.54, 1.807) is 12.1 Å². The standard InChI is InChI=1S/C17H19ClFN.ClH/c1-13(10-11-14-6-3-2-4-7-14)20-12-15-16(18)8-5-9-17(15)19;/h2-9,13,20H,10-12H2,1H3;1H. The Kier molecular flexibility index (Phi) is 7.73. The highest BCUT2D eigenvalue weighted by molar-refractivity contribution is 6.31. The molecule has 0 spiro atoms. The summed E-state index contributed by atoms with van der Waals surface area (Å²) in [6.07, 6.45) is 2.02. The smallest absolute Gasteiger partial charge is 0.129 e. The highest BCUT2D eigenvalue weighted by Gasteiger charge is 2.08. The Morgan fingerprint density at radius 2 is 1.81 bits per heavy atom. The maximum atomic E-state index is 13.6. The van der Waals surface area contributed by atoms with E-state index in [2.05, 4.69) is 24.4 Å². The molecule has 0 aliphatic rings. The van der Waals surface area contributed by atoms with E-state index >= 15 is 0 Å². The van der Waals surface area contributed by atoms with Crippen molar-refractivity contribution in [3.8, 4) is 0 Å². The zero-order valence-corrected chi connectivity index (χ0v) is 13.6. The molecule has 2 aromatic rings. The maximum absolute atomic E-state index is 13.6. The second-order valence-electron chi connectivity index (χ2n) is 5.01. The number of halogens is 3. The van der Waals surface area contributed by atoms with Gasteiger partial charge in [0.15, 0.2) is 0 Å². The van der Waals surface area contributed by atoms with Crippen LogP contribution in [0.4, 0.5) is 4.39 Å². The predicted molar refractivity (Wildman–Crippen MR) is 89.7 cm³/mol. The van der Waals surface area contributed by atoms with Gasteiger partial charge in [-0.3, -0.25) is 0 Å². The lowest BCUT2D eigenvalue weighted by molar-refractivity contribution is 0.501. The molecule has 114 valence electrons. The van der Waals surface area contributed by atoms with Gasteiger partial charge >= 0.3 is 0 Å². The number of benzene rings is 2. The number of aryl methyl sites for hydroxylation is 1. The van der Waals surface area contributed by atoms with Crippen molar-refractivity contribution in [1.29, 1.82) is 0 Å². The molecule has 0 heterocycles. The van der Waals surface area contributed by atoms with Gasteiger partial charge in [-0.25, -0.2) is 4.39 Å². The van der Waals surface area contributed by atoms with Gasteiger partial charge in [-0.15, -0.1) is 12.4 Å². The Labute approximate surface area is 136 Å². The maximum Gasteiger partial charge on any atom is 0.129 e. The van der Waals surface area contributed by atoms with Crippen LogP contribution in [0.5, 0.6) is 0 Å². The summed E-state index contributed by atoms with van der Waals surface area (Å²) in [6.45, 7) is 2.57. The second kappa shape index (κ2) is 9.04. The van der Waals surface area contributed by atoms with Gasteiger partial charge in [0.2, 0.25) is 0 Å². The topological polar surface area (TPSA) is 12.0 Å². The lowest BCUT2D eigenvalue weighted by atomic mass is 10.1. The van der Waals surface area contributed by atoms with Crippen molar-refractivity contribution < 1.29 is 4.39 Å².